The minimum absolute atomic E-state index is 0.0964. The molecule has 1 aromatic rings. The third kappa shape index (κ3) is 4.04. The Hall–Kier alpha value is -0.920. The zero-order valence-electron chi connectivity index (χ0n) is 11.0. The summed E-state index contributed by atoms with van der Waals surface area (Å²) < 4.78 is 51.5. The van der Waals surface area contributed by atoms with Crippen molar-refractivity contribution in [1.82, 2.24) is 0 Å². The van der Waals surface area contributed by atoms with Crippen molar-refractivity contribution >= 4 is 20.5 Å². The van der Waals surface area contributed by atoms with Gasteiger partial charge >= 0.3 is 0 Å². The van der Waals surface area contributed by atoms with Crippen molar-refractivity contribution in [2.24, 2.45) is 5.92 Å². The number of ether oxygens (including phenoxy) is 1. The Bertz CT molecular complexity index is 601. The van der Waals surface area contributed by atoms with Gasteiger partial charge in [-0.15, -0.1) is 0 Å². The van der Waals surface area contributed by atoms with Crippen LogP contribution < -0.4 is 0 Å². The van der Waals surface area contributed by atoms with Gasteiger partial charge in [-0.2, -0.15) is 0 Å². The molecule has 2 rings (SSSR count). The van der Waals surface area contributed by atoms with Crippen LogP contribution in [0.2, 0.25) is 0 Å². The highest BCUT2D eigenvalue weighted by Gasteiger charge is 2.22. The molecule has 0 N–H and O–H groups in total. The van der Waals surface area contributed by atoms with Gasteiger partial charge in [0.2, 0.25) is 0 Å². The molecule has 7 heteroatoms. The van der Waals surface area contributed by atoms with Gasteiger partial charge in [0.1, 0.15) is 0 Å². The Balaban J connectivity index is 2.12. The third-order valence-electron chi connectivity index (χ3n) is 3.43. The average Bonchev–Trinajstić information content (AvgIpc) is 2.67. The molecular weight excluding hydrogens is 300 g/mol. The number of rotatable bonds is 4. The number of hydrogen-bond acceptors (Lipinski definition) is 5. The molecule has 0 bridgehead atoms. The fourth-order valence-electron chi connectivity index (χ4n) is 2.32. The van der Waals surface area contributed by atoms with E-state index >= 15 is 0 Å². The lowest BCUT2D eigenvalue weighted by atomic mass is 10.0. The molecule has 1 aliphatic heterocycles. The SMILES string of the molecule is O=[SH](=O)c1ccc(S(=O)(=O)CC2CCCOCC2)cc1. The molecule has 1 aromatic carbocycles. The quantitative estimate of drug-likeness (QED) is 0.845. The van der Waals surface area contributed by atoms with Crippen LogP contribution in [0.4, 0.5) is 0 Å². The summed E-state index contributed by atoms with van der Waals surface area (Å²) in [6.45, 7) is 1.30. The van der Waals surface area contributed by atoms with Crippen LogP contribution in [-0.4, -0.2) is 35.8 Å². The molecule has 0 spiro atoms. The van der Waals surface area contributed by atoms with E-state index < -0.39 is 20.5 Å². The fourth-order valence-corrected chi connectivity index (χ4v) is 4.41. The first-order valence-corrected chi connectivity index (χ1v) is 9.37. The summed E-state index contributed by atoms with van der Waals surface area (Å²) in [7, 11) is -6.05. The van der Waals surface area contributed by atoms with Gasteiger partial charge in [-0.3, -0.25) is 0 Å². The zero-order valence-corrected chi connectivity index (χ0v) is 12.7. The van der Waals surface area contributed by atoms with Gasteiger partial charge in [0, 0.05) is 13.2 Å². The van der Waals surface area contributed by atoms with E-state index in [1.807, 2.05) is 0 Å². The molecule has 1 atom stereocenters. The van der Waals surface area contributed by atoms with Gasteiger partial charge in [-0.1, -0.05) is 0 Å². The Labute approximate surface area is 120 Å². The van der Waals surface area contributed by atoms with E-state index in [9.17, 15) is 16.8 Å². The minimum atomic E-state index is -3.37. The van der Waals surface area contributed by atoms with Crippen molar-refractivity contribution in [3.8, 4) is 0 Å². The molecule has 0 radical (unpaired) electrons. The second-order valence-electron chi connectivity index (χ2n) is 4.94. The average molecular weight is 318 g/mol. The third-order valence-corrected chi connectivity index (χ3v) is 6.05. The summed E-state index contributed by atoms with van der Waals surface area (Å²) in [6.07, 6.45) is 2.49. The predicted molar refractivity (Wildman–Crippen MR) is 75.2 cm³/mol. The van der Waals surface area contributed by atoms with Crippen molar-refractivity contribution in [3.63, 3.8) is 0 Å². The van der Waals surface area contributed by atoms with E-state index in [-0.39, 0.29) is 21.5 Å². The number of benzene rings is 1. The molecule has 0 saturated carbocycles. The van der Waals surface area contributed by atoms with Gasteiger partial charge < -0.3 is 4.74 Å². The van der Waals surface area contributed by atoms with Crippen LogP contribution >= 0.6 is 0 Å². The highest BCUT2D eigenvalue weighted by Crippen LogP contribution is 2.22. The topological polar surface area (TPSA) is 77.5 Å². The molecular formula is C13H18O5S2. The Morgan fingerprint density at radius 1 is 1.10 bits per heavy atom. The summed E-state index contributed by atoms with van der Waals surface area (Å²) in [5.41, 5.74) is 0. The van der Waals surface area contributed by atoms with Crippen LogP contribution in [0, 0.1) is 5.92 Å². The summed E-state index contributed by atoms with van der Waals surface area (Å²) in [4.78, 5) is 0.310. The molecule has 0 aromatic heterocycles. The van der Waals surface area contributed by atoms with Gasteiger partial charge in [0.15, 0.2) is 20.5 Å². The maximum Gasteiger partial charge on any atom is 0.178 e. The van der Waals surface area contributed by atoms with E-state index in [2.05, 4.69) is 0 Å². The van der Waals surface area contributed by atoms with Crippen molar-refractivity contribution in [2.75, 3.05) is 19.0 Å². The monoisotopic (exact) mass is 318 g/mol. The van der Waals surface area contributed by atoms with Gasteiger partial charge in [0.25, 0.3) is 0 Å². The van der Waals surface area contributed by atoms with Crippen LogP contribution in [0.15, 0.2) is 34.1 Å². The molecule has 112 valence electrons. The molecule has 1 unspecified atom stereocenters. The highest BCUT2D eigenvalue weighted by atomic mass is 32.2. The molecule has 0 amide bonds. The van der Waals surface area contributed by atoms with E-state index in [1.165, 1.54) is 24.3 Å². The summed E-state index contributed by atoms with van der Waals surface area (Å²) in [5.74, 6) is 0.206. The first-order chi connectivity index (χ1) is 9.49. The van der Waals surface area contributed by atoms with E-state index in [0.29, 0.717) is 13.2 Å². The smallest absolute Gasteiger partial charge is 0.178 e. The molecule has 1 fully saturated rings. The first-order valence-electron chi connectivity index (χ1n) is 6.54. The van der Waals surface area contributed by atoms with Crippen LogP contribution in [-0.2, 0) is 25.3 Å². The van der Waals surface area contributed by atoms with E-state index in [4.69, 9.17) is 4.74 Å². The van der Waals surface area contributed by atoms with Crippen LogP contribution in [0.3, 0.4) is 0 Å². The largest absolute Gasteiger partial charge is 0.381 e. The van der Waals surface area contributed by atoms with Crippen LogP contribution in [0.25, 0.3) is 0 Å². The van der Waals surface area contributed by atoms with Gasteiger partial charge in [0.05, 0.1) is 15.5 Å². The highest BCUT2D eigenvalue weighted by molar-refractivity contribution is 7.91. The molecule has 1 heterocycles. The summed E-state index contributed by atoms with van der Waals surface area (Å²) in [5, 5.41) is 0. The first kappa shape index (κ1) is 15.5. The maximum absolute atomic E-state index is 12.3. The zero-order chi connectivity index (χ0) is 14.6. The van der Waals surface area contributed by atoms with Crippen molar-refractivity contribution < 1.29 is 21.6 Å². The van der Waals surface area contributed by atoms with Crippen molar-refractivity contribution in [3.05, 3.63) is 24.3 Å². The normalized spacial score (nSPS) is 20.8. The standard InChI is InChI=1S/C13H18O5S2/c14-19(15)12-3-5-13(6-4-12)20(16,17)10-11-2-1-8-18-9-7-11/h3-6,11,19H,1-2,7-10H2. The number of thiol groups is 1. The Morgan fingerprint density at radius 2 is 1.80 bits per heavy atom. The van der Waals surface area contributed by atoms with Crippen molar-refractivity contribution in [1.29, 1.82) is 0 Å². The second kappa shape index (κ2) is 6.69. The summed E-state index contributed by atoms with van der Waals surface area (Å²) >= 11 is 0. The second-order valence-corrected chi connectivity index (χ2v) is 8.01. The molecule has 1 aliphatic rings. The number of hydrogen-bond donors (Lipinski definition) is 1. The molecule has 5 nitrogen and oxygen atoms in total. The summed E-state index contributed by atoms with van der Waals surface area (Å²) in [6, 6.07) is 5.38. The minimum Gasteiger partial charge on any atom is -0.381 e. The van der Waals surface area contributed by atoms with Gasteiger partial charge in [-0.25, -0.2) is 16.8 Å². The van der Waals surface area contributed by atoms with E-state index in [0.717, 1.165) is 19.3 Å². The van der Waals surface area contributed by atoms with Crippen molar-refractivity contribution in [2.45, 2.75) is 29.1 Å². The molecule has 20 heavy (non-hydrogen) atoms. The van der Waals surface area contributed by atoms with Gasteiger partial charge in [-0.05, 0) is 49.4 Å². The van der Waals surface area contributed by atoms with Crippen LogP contribution in [0.1, 0.15) is 19.3 Å². The molecule has 0 aliphatic carbocycles. The van der Waals surface area contributed by atoms with E-state index in [1.54, 1.807) is 0 Å². The Kier molecular flexibility index (Phi) is 5.17. The van der Waals surface area contributed by atoms with Crippen LogP contribution in [0.5, 0.6) is 0 Å². The maximum atomic E-state index is 12.3. The predicted octanol–water partition coefficient (Wildman–Crippen LogP) is 1.25. The lowest BCUT2D eigenvalue weighted by molar-refractivity contribution is 0.142. The lowest BCUT2D eigenvalue weighted by Gasteiger charge is -2.13. The Morgan fingerprint density at radius 3 is 2.45 bits per heavy atom. The lowest BCUT2D eigenvalue weighted by Crippen LogP contribution is -2.17. The number of sulfone groups is 1. The molecule has 1 saturated heterocycles. The fraction of sp³-hybridized carbons (Fsp3) is 0.538.